The maximum Gasteiger partial charge on any atom is 0.0733 e. The van der Waals surface area contributed by atoms with Crippen molar-refractivity contribution in [2.24, 2.45) is 11.8 Å². The fourth-order valence-electron chi connectivity index (χ4n) is 3.84. The Hall–Kier alpha value is -0.830. The lowest BCUT2D eigenvalue weighted by molar-refractivity contribution is -0.0665. The molecule has 0 spiro atoms. The van der Waals surface area contributed by atoms with Gasteiger partial charge < -0.3 is 5.11 Å². The van der Waals surface area contributed by atoms with E-state index in [1.54, 1.807) is 0 Å². The van der Waals surface area contributed by atoms with Crippen LogP contribution in [0.25, 0.3) is 0 Å². The zero-order valence-electron chi connectivity index (χ0n) is 13.5. The van der Waals surface area contributed by atoms with E-state index in [4.69, 9.17) is 0 Å². The molecule has 1 aliphatic rings. The normalized spacial score (nSPS) is 27.2. The van der Waals surface area contributed by atoms with Gasteiger partial charge in [-0.2, -0.15) is 5.10 Å². The summed E-state index contributed by atoms with van der Waals surface area (Å²) in [6, 6.07) is 2.19. The lowest BCUT2D eigenvalue weighted by atomic mass is 9.68. The number of aliphatic hydroxyl groups is 1. The highest BCUT2D eigenvalue weighted by Crippen LogP contribution is 2.40. The number of rotatable bonds is 5. The Kier molecular flexibility index (Phi) is 4.90. The zero-order valence-corrected chi connectivity index (χ0v) is 13.5. The van der Waals surface area contributed by atoms with Crippen LogP contribution >= 0.6 is 0 Å². The van der Waals surface area contributed by atoms with E-state index in [0.29, 0.717) is 11.8 Å². The zero-order chi connectivity index (χ0) is 14.8. The number of hydrogen-bond donors (Lipinski definition) is 1. The highest BCUT2D eigenvalue weighted by Gasteiger charge is 2.41. The average molecular weight is 278 g/mol. The molecule has 0 radical (unpaired) electrons. The Morgan fingerprint density at radius 1 is 1.40 bits per heavy atom. The molecule has 1 aromatic heterocycles. The Bertz CT molecular complexity index is 438. The molecular weight excluding hydrogens is 248 g/mol. The van der Waals surface area contributed by atoms with E-state index in [1.165, 1.54) is 12.1 Å². The molecule has 3 nitrogen and oxygen atoms in total. The minimum absolute atomic E-state index is 0.418. The SMILES string of the molecule is CCc1cc(CC2(O)CCCCC2C(C)C)n(CC)n1. The second-order valence-electron chi connectivity index (χ2n) is 6.67. The Balaban J connectivity index is 2.23. The summed E-state index contributed by atoms with van der Waals surface area (Å²) in [6.45, 7) is 9.64. The summed E-state index contributed by atoms with van der Waals surface area (Å²) in [4.78, 5) is 0. The van der Waals surface area contributed by atoms with E-state index in [0.717, 1.165) is 44.3 Å². The van der Waals surface area contributed by atoms with Gasteiger partial charge >= 0.3 is 0 Å². The molecule has 2 rings (SSSR count). The van der Waals surface area contributed by atoms with Gasteiger partial charge in [0.2, 0.25) is 0 Å². The molecule has 114 valence electrons. The third kappa shape index (κ3) is 3.08. The van der Waals surface area contributed by atoms with Crippen molar-refractivity contribution in [3.05, 3.63) is 17.5 Å². The van der Waals surface area contributed by atoms with Gasteiger partial charge in [-0.15, -0.1) is 0 Å². The molecule has 1 heterocycles. The van der Waals surface area contributed by atoms with Gasteiger partial charge in [0.25, 0.3) is 0 Å². The predicted molar refractivity (Wildman–Crippen MR) is 82.7 cm³/mol. The van der Waals surface area contributed by atoms with Gasteiger partial charge in [-0.05, 0) is 44.1 Å². The maximum absolute atomic E-state index is 11.2. The minimum atomic E-state index is -0.537. The quantitative estimate of drug-likeness (QED) is 0.894. The molecule has 0 aromatic carbocycles. The third-order valence-electron chi connectivity index (χ3n) is 4.93. The van der Waals surface area contributed by atoms with Gasteiger partial charge in [0.1, 0.15) is 0 Å². The Morgan fingerprint density at radius 2 is 2.15 bits per heavy atom. The van der Waals surface area contributed by atoms with E-state index in [2.05, 4.69) is 43.5 Å². The molecule has 20 heavy (non-hydrogen) atoms. The van der Waals surface area contributed by atoms with Crippen molar-refractivity contribution < 1.29 is 5.11 Å². The highest BCUT2D eigenvalue weighted by molar-refractivity contribution is 5.14. The van der Waals surface area contributed by atoms with Crippen LogP contribution < -0.4 is 0 Å². The summed E-state index contributed by atoms with van der Waals surface area (Å²) < 4.78 is 2.07. The molecule has 2 unspecified atom stereocenters. The van der Waals surface area contributed by atoms with Crippen LogP contribution in [0.15, 0.2) is 6.07 Å². The van der Waals surface area contributed by atoms with Crippen LogP contribution in [-0.4, -0.2) is 20.5 Å². The second kappa shape index (κ2) is 6.30. The Labute approximate surface area is 123 Å². The lowest BCUT2D eigenvalue weighted by Gasteiger charge is -2.42. The molecule has 0 aliphatic heterocycles. The van der Waals surface area contributed by atoms with Crippen molar-refractivity contribution in [3.63, 3.8) is 0 Å². The summed E-state index contributed by atoms with van der Waals surface area (Å²) in [5, 5.41) is 15.8. The van der Waals surface area contributed by atoms with Gasteiger partial charge in [0, 0.05) is 18.7 Å². The van der Waals surface area contributed by atoms with Crippen LogP contribution in [0.1, 0.15) is 64.8 Å². The minimum Gasteiger partial charge on any atom is -0.389 e. The molecule has 1 aromatic rings. The van der Waals surface area contributed by atoms with E-state index in [9.17, 15) is 5.11 Å². The van der Waals surface area contributed by atoms with Crippen LogP contribution in [0.4, 0.5) is 0 Å². The van der Waals surface area contributed by atoms with E-state index >= 15 is 0 Å². The molecule has 1 saturated carbocycles. The first-order valence-electron chi connectivity index (χ1n) is 8.28. The first kappa shape index (κ1) is 15.6. The summed E-state index contributed by atoms with van der Waals surface area (Å²) >= 11 is 0. The standard InChI is InChI=1S/C17H30N2O/c1-5-14-11-15(19(6-2)18-14)12-17(20)10-8-7-9-16(17)13(3)4/h11,13,16,20H,5-10,12H2,1-4H3. The first-order valence-corrected chi connectivity index (χ1v) is 8.28. The molecule has 2 atom stereocenters. The van der Waals surface area contributed by atoms with Gasteiger partial charge in [0.15, 0.2) is 0 Å². The summed E-state index contributed by atoms with van der Waals surface area (Å²) in [7, 11) is 0. The number of nitrogens with zero attached hydrogens (tertiary/aromatic N) is 2. The average Bonchev–Trinajstić information content (AvgIpc) is 2.80. The van der Waals surface area contributed by atoms with Crippen LogP contribution in [-0.2, 0) is 19.4 Å². The molecule has 0 saturated heterocycles. The smallest absolute Gasteiger partial charge is 0.0733 e. The summed E-state index contributed by atoms with van der Waals surface area (Å²) in [5.74, 6) is 0.963. The number of aromatic nitrogens is 2. The van der Waals surface area contributed by atoms with Gasteiger partial charge in [0.05, 0.1) is 11.3 Å². The van der Waals surface area contributed by atoms with E-state index in [-0.39, 0.29) is 0 Å². The molecular formula is C17H30N2O. The van der Waals surface area contributed by atoms with Crippen molar-refractivity contribution in [2.45, 2.75) is 78.4 Å². The van der Waals surface area contributed by atoms with Crippen LogP contribution in [0.2, 0.25) is 0 Å². The first-order chi connectivity index (χ1) is 9.50. The van der Waals surface area contributed by atoms with Gasteiger partial charge in [-0.25, -0.2) is 0 Å². The molecule has 1 aliphatic carbocycles. The Morgan fingerprint density at radius 3 is 2.75 bits per heavy atom. The molecule has 0 bridgehead atoms. The fraction of sp³-hybridized carbons (Fsp3) is 0.824. The molecule has 3 heteroatoms. The fourth-order valence-corrected chi connectivity index (χ4v) is 3.84. The molecule has 1 N–H and O–H groups in total. The van der Waals surface area contributed by atoms with Crippen molar-refractivity contribution in [3.8, 4) is 0 Å². The maximum atomic E-state index is 11.2. The lowest BCUT2D eigenvalue weighted by Crippen LogP contribution is -2.45. The number of aryl methyl sites for hydroxylation is 2. The topological polar surface area (TPSA) is 38.0 Å². The van der Waals surface area contributed by atoms with Gasteiger partial charge in [-0.1, -0.05) is 33.6 Å². The van der Waals surface area contributed by atoms with Crippen molar-refractivity contribution in [2.75, 3.05) is 0 Å². The van der Waals surface area contributed by atoms with Crippen molar-refractivity contribution in [1.29, 1.82) is 0 Å². The molecule has 0 amide bonds. The predicted octanol–water partition coefficient (Wildman–Crippen LogP) is 3.59. The largest absolute Gasteiger partial charge is 0.389 e. The summed E-state index contributed by atoms with van der Waals surface area (Å²) in [6.07, 6.45) is 6.24. The molecule has 1 fully saturated rings. The number of hydrogen-bond acceptors (Lipinski definition) is 2. The van der Waals surface area contributed by atoms with E-state index < -0.39 is 5.60 Å². The van der Waals surface area contributed by atoms with Crippen LogP contribution in [0.3, 0.4) is 0 Å². The van der Waals surface area contributed by atoms with Gasteiger partial charge in [-0.3, -0.25) is 4.68 Å². The summed E-state index contributed by atoms with van der Waals surface area (Å²) in [5.41, 5.74) is 1.81. The monoisotopic (exact) mass is 278 g/mol. The van der Waals surface area contributed by atoms with Crippen LogP contribution in [0, 0.1) is 11.8 Å². The van der Waals surface area contributed by atoms with E-state index in [1.807, 2.05) is 0 Å². The van der Waals surface area contributed by atoms with Crippen molar-refractivity contribution in [1.82, 2.24) is 9.78 Å². The van der Waals surface area contributed by atoms with Crippen molar-refractivity contribution >= 4 is 0 Å². The third-order valence-corrected chi connectivity index (χ3v) is 4.93. The highest BCUT2D eigenvalue weighted by atomic mass is 16.3. The van der Waals surface area contributed by atoms with Crippen LogP contribution in [0.5, 0.6) is 0 Å². The second-order valence-corrected chi connectivity index (χ2v) is 6.67.